The number of carbonyl (C=O) groups is 2. The zero-order valence-corrected chi connectivity index (χ0v) is 11.2. The third-order valence-corrected chi connectivity index (χ3v) is 3.82. The maximum absolute atomic E-state index is 12.1. The van der Waals surface area contributed by atoms with Gasteiger partial charge in [0.1, 0.15) is 6.54 Å². The molecule has 1 aromatic carbocycles. The molecule has 5 heteroatoms. The molecule has 0 fully saturated rings. The van der Waals surface area contributed by atoms with Crippen LogP contribution in [0.1, 0.15) is 13.8 Å². The van der Waals surface area contributed by atoms with E-state index in [1.165, 1.54) is 16.7 Å². The second kappa shape index (κ2) is 5.44. The van der Waals surface area contributed by atoms with Crippen molar-refractivity contribution in [3.63, 3.8) is 0 Å². The van der Waals surface area contributed by atoms with Gasteiger partial charge in [-0.2, -0.15) is 0 Å². The summed E-state index contributed by atoms with van der Waals surface area (Å²) in [5.74, 6) is -0.425. The van der Waals surface area contributed by atoms with Gasteiger partial charge in [-0.1, -0.05) is 12.1 Å². The van der Waals surface area contributed by atoms with Gasteiger partial charge in [-0.05, 0) is 26.0 Å². The van der Waals surface area contributed by atoms with Crippen molar-refractivity contribution in [2.45, 2.75) is 24.0 Å². The molecule has 96 valence electrons. The second-order valence-electron chi connectivity index (χ2n) is 3.96. The Bertz CT molecular complexity index is 475. The Kier molecular flexibility index (Phi) is 3.91. The monoisotopic (exact) mass is 265 g/mol. The first kappa shape index (κ1) is 13.0. The van der Waals surface area contributed by atoms with Crippen LogP contribution in [0.5, 0.6) is 0 Å². The second-order valence-corrected chi connectivity index (χ2v) is 5.34. The molecule has 1 atom stereocenters. The number of thioether (sulfide) groups is 1. The molecule has 1 amide bonds. The molecule has 1 heterocycles. The lowest BCUT2D eigenvalue weighted by molar-refractivity contribution is -0.142. The molecule has 0 saturated heterocycles. The molecule has 2 rings (SSSR count). The maximum Gasteiger partial charge on any atom is 0.326 e. The summed E-state index contributed by atoms with van der Waals surface area (Å²) in [6.45, 7) is 3.91. The molecule has 0 saturated carbocycles. The molecule has 0 bridgehead atoms. The number of anilines is 1. The Labute approximate surface area is 110 Å². The predicted molar refractivity (Wildman–Crippen MR) is 70.7 cm³/mol. The van der Waals surface area contributed by atoms with Gasteiger partial charge >= 0.3 is 5.97 Å². The van der Waals surface area contributed by atoms with Crippen molar-refractivity contribution < 1.29 is 14.3 Å². The largest absolute Gasteiger partial charge is 0.465 e. The van der Waals surface area contributed by atoms with E-state index in [0.717, 1.165) is 10.6 Å². The minimum atomic E-state index is -0.375. The van der Waals surface area contributed by atoms with E-state index in [1.807, 2.05) is 31.2 Å². The lowest BCUT2D eigenvalue weighted by Gasteiger charge is -2.31. The van der Waals surface area contributed by atoms with Crippen molar-refractivity contribution in [1.29, 1.82) is 0 Å². The Morgan fingerprint density at radius 1 is 1.44 bits per heavy atom. The number of carbonyl (C=O) groups excluding carboxylic acids is 2. The lowest BCUT2D eigenvalue weighted by atomic mass is 10.2. The Hall–Kier alpha value is -1.49. The van der Waals surface area contributed by atoms with E-state index in [1.54, 1.807) is 6.92 Å². The minimum Gasteiger partial charge on any atom is -0.465 e. The van der Waals surface area contributed by atoms with Crippen LogP contribution in [0.15, 0.2) is 29.2 Å². The third kappa shape index (κ3) is 2.51. The Morgan fingerprint density at radius 2 is 2.17 bits per heavy atom. The van der Waals surface area contributed by atoms with Gasteiger partial charge in [-0.3, -0.25) is 14.5 Å². The molecule has 18 heavy (non-hydrogen) atoms. The van der Waals surface area contributed by atoms with Crippen molar-refractivity contribution in [2.75, 3.05) is 18.1 Å². The number of hydrogen-bond donors (Lipinski definition) is 0. The molecule has 1 aliphatic rings. The van der Waals surface area contributed by atoms with E-state index >= 15 is 0 Å². The van der Waals surface area contributed by atoms with Crippen LogP contribution in [-0.4, -0.2) is 30.3 Å². The molecule has 0 aliphatic carbocycles. The van der Waals surface area contributed by atoms with Gasteiger partial charge in [0.2, 0.25) is 5.91 Å². The van der Waals surface area contributed by atoms with Crippen LogP contribution in [0.3, 0.4) is 0 Å². The number of fused-ring (bicyclic) bond motifs is 1. The molecule has 1 unspecified atom stereocenters. The van der Waals surface area contributed by atoms with E-state index in [4.69, 9.17) is 4.74 Å². The highest BCUT2D eigenvalue weighted by molar-refractivity contribution is 8.00. The number of rotatable bonds is 3. The van der Waals surface area contributed by atoms with Crippen LogP contribution in [0.4, 0.5) is 5.69 Å². The van der Waals surface area contributed by atoms with Crippen LogP contribution in [0, 0.1) is 0 Å². The number of nitrogens with zero attached hydrogens (tertiary/aromatic N) is 1. The lowest BCUT2D eigenvalue weighted by Crippen LogP contribution is -2.43. The van der Waals surface area contributed by atoms with Gasteiger partial charge in [0.15, 0.2) is 0 Å². The number of hydrogen-bond acceptors (Lipinski definition) is 4. The number of esters is 1. The number of ether oxygens (including phenoxy) is 1. The number of para-hydroxylation sites is 1. The summed E-state index contributed by atoms with van der Waals surface area (Å²) in [5, 5.41) is -0.172. The molecule has 1 aromatic rings. The fraction of sp³-hybridized carbons (Fsp3) is 0.385. The summed E-state index contributed by atoms with van der Waals surface area (Å²) in [6.07, 6.45) is 0. The summed E-state index contributed by atoms with van der Waals surface area (Å²) >= 11 is 1.52. The molecule has 0 spiro atoms. The summed E-state index contributed by atoms with van der Waals surface area (Å²) < 4.78 is 4.90. The SMILES string of the molecule is CCOC(=O)CN1C(=O)C(C)Sc2ccccc21. The molecule has 1 aliphatic heterocycles. The van der Waals surface area contributed by atoms with Crippen molar-refractivity contribution in [3.8, 4) is 0 Å². The van der Waals surface area contributed by atoms with E-state index in [0.29, 0.717) is 6.61 Å². The predicted octanol–water partition coefficient (Wildman–Crippen LogP) is 2.08. The number of amides is 1. The summed E-state index contributed by atoms with van der Waals surface area (Å²) in [6, 6.07) is 7.60. The van der Waals surface area contributed by atoms with Crippen molar-refractivity contribution in [1.82, 2.24) is 0 Å². The average molecular weight is 265 g/mol. The third-order valence-electron chi connectivity index (χ3n) is 2.67. The zero-order chi connectivity index (χ0) is 13.1. The van der Waals surface area contributed by atoms with E-state index in [9.17, 15) is 9.59 Å². The van der Waals surface area contributed by atoms with Gasteiger partial charge in [-0.15, -0.1) is 11.8 Å². The van der Waals surface area contributed by atoms with E-state index in [2.05, 4.69) is 0 Å². The Balaban J connectivity index is 2.27. The topological polar surface area (TPSA) is 46.6 Å². The number of benzene rings is 1. The first-order valence-electron chi connectivity index (χ1n) is 5.86. The smallest absolute Gasteiger partial charge is 0.326 e. The summed E-state index contributed by atoms with van der Waals surface area (Å²) in [4.78, 5) is 26.2. The van der Waals surface area contributed by atoms with Crippen molar-refractivity contribution >= 4 is 29.3 Å². The van der Waals surface area contributed by atoms with E-state index < -0.39 is 0 Å². The van der Waals surface area contributed by atoms with Crippen LogP contribution in [-0.2, 0) is 14.3 Å². The highest BCUT2D eigenvalue weighted by Crippen LogP contribution is 2.38. The minimum absolute atomic E-state index is 0.0193. The highest BCUT2D eigenvalue weighted by Gasteiger charge is 2.31. The van der Waals surface area contributed by atoms with Gasteiger partial charge in [-0.25, -0.2) is 0 Å². The van der Waals surface area contributed by atoms with Crippen LogP contribution in [0.25, 0.3) is 0 Å². The highest BCUT2D eigenvalue weighted by atomic mass is 32.2. The molecule has 0 N–H and O–H groups in total. The van der Waals surface area contributed by atoms with Crippen molar-refractivity contribution in [2.24, 2.45) is 0 Å². The molecular formula is C13H15NO3S. The average Bonchev–Trinajstić information content (AvgIpc) is 2.35. The first-order valence-corrected chi connectivity index (χ1v) is 6.74. The van der Waals surface area contributed by atoms with Crippen molar-refractivity contribution in [3.05, 3.63) is 24.3 Å². The molecule has 0 radical (unpaired) electrons. The van der Waals surface area contributed by atoms with Gasteiger partial charge in [0.25, 0.3) is 0 Å². The summed E-state index contributed by atoms with van der Waals surface area (Å²) in [7, 11) is 0. The normalized spacial score (nSPS) is 18.4. The maximum atomic E-state index is 12.1. The van der Waals surface area contributed by atoms with Crippen LogP contribution in [0.2, 0.25) is 0 Å². The fourth-order valence-corrected chi connectivity index (χ4v) is 2.92. The molecule has 0 aromatic heterocycles. The molecule has 4 nitrogen and oxygen atoms in total. The van der Waals surface area contributed by atoms with E-state index in [-0.39, 0.29) is 23.7 Å². The van der Waals surface area contributed by atoms with Crippen LogP contribution >= 0.6 is 11.8 Å². The van der Waals surface area contributed by atoms with Gasteiger partial charge < -0.3 is 4.74 Å². The van der Waals surface area contributed by atoms with Crippen LogP contribution < -0.4 is 4.90 Å². The molecular weight excluding hydrogens is 250 g/mol. The summed E-state index contributed by atoms with van der Waals surface area (Å²) in [5.41, 5.74) is 0.790. The van der Waals surface area contributed by atoms with Gasteiger partial charge in [0, 0.05) is 4.90 Å². The zero-order valence-electron chi connectivity index (χ0n) is 10.4. The fourth-order valence-electron chi connectivity index (χ4n) is 1.86. The Morgan fingerprint density at radius 3 is 2.89 bits per heavy atom. The standard InChI is InChI=1S/C13H15NO3S/c1-3-17-12(15)8-14-10-6-4-5-7-11(10)18-9(2)13(14)16/h4-7,9H,3,8H2,1-2H3. The first-order chi connectivity index (χ1) is 8.63. The van der Waals surface area contributed by atoms with Gasteiger partial charge in [0.05, 0.1) is 17.5 Å². The quantitative estimate of drug-likeness (QED) is 0.785.